The smallest absolute Gasteiger partial charge is 0.404 e. The monoisotopic (exact) mass is 734 g/mol. The molecule has 0 spiro atoms. The van der Waals surface area contributed by atoms with Crippen LogP contribution in [0, 0.1) is 29.6 Å². The van der Waals surface area contributed by atoms with Gasteiger partial charge in [0.05, 0.1) is 32.0 Å². The maximum absolute atomic E-state index is 12.3. The average molecular weight is 734 g/mol. The van der Waals surface area contributed by atoms with E-state index in [1.807, 2.05) is 36.4 Å². The molecule has 0 bridgehead atoms. The fourth-order valence-electron chi connectivity index (χ4n) is 6.18. The number of hydrogen-bond donors (Lipinski definition) is 2. The molecule has 0 aliphatic heterocycles. The first-order valence-electron chi connectivity index (χ1n) is 18.7. The number of aliphatic hydroxyl groups excluding tert-OH is 1. The Labute approximate surface area is 309 Å². The fourth-order valence-corrected chi connectivity index (χ4v) is 9.13. The van der Waals surface area contributed by atoms with Crippen LogP contribution in [0.3, 0.4) is 0 Å². The number of allylic oxidation sites excluding steroid dienone is 1. The van der Waals surface area contributed by atoms with Crippen LogP contribution in [0.2, 0.25) is 36.3 Å². The number of hydrogen-bond acceptors (Lipinski definition) is 6. The lowest BCUT2D eigenvalue weighted by Crippen LogP contribution is -2.51. The lowest BCUT2D eigenvalue weighted by Gasteiger charge is -2.45. The number of aliphatic hydroxyl groups is 1. The lowest BCUT2D eigenvalue weighted by atomic mass is 9.81. The van der Waals surface area contributed by atoms with Gasteiger partial charge in [-0.25, -0.2) is 4.79 Å². The van der Waals surface area contributed by atoms with Gasteiger partial charge in [-0.2, -0.15) is 0 Å². The number of carbonyl (C=O) groups is 1. The highest BCUT2D eigenvalue weighted by Gasteiger charge is 2.45. The summed E-state index contributed by atoms with van der Waals surface area (Å²) >= 11 is 0. The zero-order valence-electron chi connectivity index (χ0n) is 34.6. The third-order valence-corrected chi connectivity index (χ3v) is 20.1. The van der Waals surface area contributed by atoms with Gasteiger partial charge in [0.25, 0.3) is 0 Å². The van der Waals surface area contributed by atoms with E-state index in [2.05, 4.69) is 121 Å². The van der Waals surface area contributed by atoms with Crippen LogP contribution in [0.5, 0.6) is 0 Å². The Balaban J connectivity index is 3.43. The molecule has 8 atom stereocenters. The first-order chi connectivity index (χ1) is 22.8. The molecule has 0 saturated carbocycles. The fraction of sp³-hybridized carbons (Fsp3) is 0.732. The van der Waals surface area contributed by atoms with Crippen LogP contribution in [-0.4, -0.2) is 59.4 Å². The molecule has 0 fully saturated rings. The highest BCUT2D eigenvalue weighted by atomic mass is 28.4. The summed E-state index contributed by atoms with van der Waals surface area (Å²) in [4.78, 5) is 12.3. The summed E-state index contributed by atoms with van der Waals surface area (Å²) in [5, 5.41) is 9.58. The van der Waals surface area contributed by atoms with Crippen molar-refractivity contribution in [1.82, 2.24) is 0 Å². The van der Waals surface area contributed by atoms with Crippen molar-refractivity contribution in [3.05, 3.63) is 59.7 Å². The van der Waals surface area contributed by atoms with Crippen molar-refractivity contribution in [2.24, 2.45) is 35.3 Å². The van der Waals surface area contributed by atoms with Crippen molar-refractivity contribution >= 4 is 22.7 Å². The molecular formula is C41H75NO6Si2. The lowest BCUT2D eigenvalue weighted by molar-refractivity contribution is -0.0492. The highest BCUT2D eigenvalue weighted by molar-refractivity contribution is 6.74. The molecule has 1 aromatic rings. The molecule has 288 valence electrons. The Hall–Kier alpha value is -1.76. The van der Waals surface area contributed by atoms with Crippen molar-refractivity contribution in [2.75, 3.05) is 13.2 Å². The number of carbonyl (C=O) groups excluding carboxylic acids is 1. The van der Waals surface area contributed by atoms with Gasteiger partial charge in [-0.15, -0.1) is 0 Å². The maximum atomic E-state index is 12.3. The molecule has 0 radical (unpaired) electrons. The quantitative estimate of drug-likeness (QED) is 0.102. The standard InChI is InChI=1S/C41H75NO6Si2/c1-29(25-31(3)36(30(2)21-20-24-43)47-49(13,14)40(7,8)9)26-32(4)38(48-50(15,16)41(10,11)12)34(6)37(46-39(42)44)33(5)27-45-28-35-22-18-17-19-23-35/h17-23,25,30-34,36-38,43H,24,26-28H2,1-16H3,(H2,42,44)/t30-,31-,32?,33-,34?,36-,37?,38?/m0/s1. The second-order valence-corrected chi connectivity index (χ2v) is 27.5. The summed E-state index contributed by atoms with van der Waals surface area (Å²) in [5.74, 6) is 0.188. The normalized spacial score (nSPS) is 18.6. The molecule has 0 heterocycles. The van der Waals surface area contributed by atoms with Crippen molar-refractivity contribution < 1.29 is 28.2 Å². The van der Waals surface area contributed by atoms with Crippen LogP contribution in [0.15, 0.2) is 54.1 Å². The van der Waals surface area contributed by atoms with Crippen LogP contribution in [0.1, 0.15) is 95.1 Å². The van der Waals surface area contributed by atoms with E-state index >= 15 is 0 Å². The number of nitrogens with two attached hydrogens (primary N) is 1. The van der Waals surface area contributed by atoms with Gasteiger partial charge in [-0.3, -0.25) is 0 Å². The molecule has 9 heteroatoms. The van der Waals surface area contributed by atoms with Crippen LogP contribution in [0.25, 0.3) is 0 Å². The minimum absolute atomic E-state index is 0.00106. The molecule has 0 saturated heterocycles. The predicted octanol–water partition coefficient (Wildman–Crippen LogP) is 10.5. The average Bonchev–Trinajstić information content (AvgIpc) is 2.98. The SMILES string of the molecule is CC(=C[C@H](C)[C@@H](O[Si](C)(C)C(C)(C)C)[C@@H](C)C=CCO)CC(C)C(O[Si](C)(C)C(C)(C)C)C(C)C(OC(N)=O)[C@@H](C)COCc1ccccc1. The van der Waals surface area contributed by atoms with E-state index in [1.165, 1.54) is 5.57 Å². The van der Waals surface area contributed by atoms with Crippen molar-refractivity contribution in [1.29, 1.82) is 0 Å². The van der Waals surface area contributed by atoms with Crippen LogP contribution >= 0.6 is 0 Å². The van der Waals surface area contributed by atoms with Gasteiger partial charge in [0, 0.05) is 11.8 Å². The van der Waals surface area contributed by atoms with E-state index in [0.29, 0.717) is 13.2 Å². The minimum Gasteiger partial charge on any atom is -0.446 e. The van der Waals surface area contributed by atoms with Gasteiger partial charge in [-0.05, 0) is 72.9 Å². The van der Waals surface area contributed by atoms with Crippen molar-refractivity contribution in [3.63, 3.8) is 0 Å². The van der Waals surface area contributed by atoms with Crippen LogP contribution in [0.4, 0.5) is 4.79 Å². The number of primary amides is 1. The number of benzene rings is 1. The third kappa shape index (κ3) is 14.7. The molecule has 1 amide bonds. The molecule has 1 aromatic carbocycles. The third-order valence-electron chi connectivity index (χ3n) is 11.1. The van der Waals surface area contributed by atoms with Gasteiger partial charge in [-0.1, -0.05) is 130 Å². The zero-order chi connectivity index (χ0) is 38.7. The van der Waals surface area contributed by atoms with E-state index in [1.54, 1.807) is 0 Å². The van der Waals surface area contributed by atoms with Gasteiger partial charge in [0.2, 0.25) is 0 Å². The second kappa shape index (κ2) is 19.9. The van der Waals surface area contributed by atoms with Crippen LogP contribution < -0.4 is 5.73 Å². The summed E-state index contributed by atoms with van der Waals surface area (Å²) < 4.78 is 26.3. The summed E-state index contributed by atoms with van der Waals surface area (Å²) in [6.07, 6.45) is 5.62. The zero-order valence-corrected chi connectivity index (χ0v) is 36.6. The molecule has 0 aliphatic carbocycles. The predicted molar refractivity (Wildman–Crippen MR) is 215 cm³/mol. The molecule has 50 heavy (non-hydrogen) atoms. The molecule has 3 N–H and O–H groups in total. The van der Waals surface area contributed by atoms with Crippen LogP contribution in [-0.2, 0) is 24.9 Å². The van der Waals surface area contributed by atoms with Gasteiger partial charge in [0.1, 0.15) is 6.10 Å². The Morgan fingerprint density at radius 2 is 1.34 bits per heavy atom. The molecule has 7 nitrogen and oxygen atoms in total. The Kier molecular flexibility index (Phi) is 18.4. The number of rotatable bonds is 20. The molecule has 4 unspecified atom stereocenters. The summed E-state index contributed by atoms with van der Waals surface area (Å²) in [5.41, 5.74) is 8.05. The Morgan fingerprint density at radius 1 is 0.820 bits per heavy atom. The minimum atomic E-state index is -2.22. The topological polar surface area (TPSA) is 100 Å². The van der Waals surface area contributed by atoms with E-state index < -0.39 is 28.8 Å². The van der Waals surface area contributed by atoms with Crippen molar-refractivity contribution in [2.45, 2.75) is 151 Å². The molecule has 0 aromatic heterocycles. The Bertz CT molecular complexity index is 1200. The number of amides is 1. The Morgan fingerprint density at radius 3 is 1.82 bits per heavy atom. The molecular weight excluding hydrogens is 659 g/mol. The van der Waals surface area contributed by atoms with E-state index in [0.717, 1.165) is 12.0 Å². The number of ether oxygens (including phenoxy) is 2. The van der Waals surface area contributed by atoms with Crippen molar-refractivity contribution in [3.8, 4) is 0 Å². The largest absolute Gasteiger partial charge is 0.446 e. The molecule has 0 aliphatic rings. The maximum Gasteiger partial charge on any atom is 0.404 e. The summed E-state index contributed by atoms with van der Waals surface area (Å²) in [7, 11) is -4.29. The van der Waals surface area contributed by atoms with Gasteiger partial charge >= 0.3 is 6.09 Å². The van der Waals surface area contributed by atoms with E-state index in [-0.39, 0.29) is 58.5 Å². The first-order valence-corrected chi connectivity index (χ1v) is 24.5. The molecule has 1 rings (SSSR count). The summed E-state index contributed by atoms with van der Waals surface area (Å²) in [6.45, 7) is 36.8. The van der Waals surface area contributed by atoms with E-state index in [4.69, 9.17) is 24.1 Å². The highest BCUT2D eigenvalue weighted by Crippen LogP contribution is 2.42. The first kappa shape index (κ1) is 46.3. The summed E-state index contributed by atoms with van der Waals surface area (Å²) in [6, 6.07) is 10.1. The van der Waals surface area contributed by atoms with E-state index in [9.17, 15) is 9.90 Å². The van der Waals surface area contributed by atoms with Gasteiger partial charge in [0.15, 0.2) is 16.6 Å². The van der Waals surface area contributed by atoms with Gasteiger partial charge < -0.3 is 29.2 Å². The second-order valence-electron chi connectivity index (χ2n) is 17.9.